The molecule has 104 valence electrons. The van der Waals surface area contributed by atoms with Crippen molar-refractivity contribution in [3.63, 3.8) is 0 Å². The van der Waals surface area contributed by atoms with Crippen LogP contribution in [0.4, 0.5) is 5.69 Å². The van der Waals surface area contributed by atoms with E-state index < -0.39 is 4.92 Å². The first-order chi connectivity index (χ1) is 9.38. The predicted octanol–water partition coefficient (Wildman–Crippen LogP) is 5.53. The van der Waals surface area contributed by atoms with Gasteiger partial charge in [-0.3, -0.25) is 10.1 Å². The number of rotatable bonds is 3. The molecular formula is C14H11Br2NO3. The number of hydrogen-bond donors (Lipinski definition) is 0. The molecule has 2 rings (SSSR count). The third kappa shape index (κ3) is 3.19. The molecule has 4 nitrogen and oxygen atoms in total. The van der Waals surface area contributed by atoms with Crippen LogP contribution in [0, 0.1) is 24.0 Å². The van der Waals surface area contributed by atoms with Crippen LogP contribution in [0.1, 0.15) is 11.1 Å². The Balaban J connectivity index is 2.42. The van der Waals surface area contributed by atoms with E-state index in [-0.39, 0.29) is 5.69 Å². The minimum atomic E-state index is -0.409. The van der Waals surface area contributed by atoms with Gasteiger partial charge in [-0.2, -0.15) is 0 Å². The van der Waals surface area contributed by atoms with E-state index in [1.807, 2.05) is 25.1 Å². The minimum Gasteiger partial charge on any atom is -0.456 e. The topological polar surface area (TPSA) is 52.4 Å². The summed E-state index contributed by atoms with van der Waals surface area (Å²) in [5.41, 5.74) is 1.60. The molecule has 0 radical (unpaired) electrons. The van der Waals surface area contributed by atoms with E-state index in [0.29, 0.717) is 21.5 Å². The molecule has 0 unspecified atom stereocenters. The third-order valence-corrected chi connectivity index (χ3v) is 3.93. The summed E-state index contributed by atoms with van der Waals surface area (Å²) >= 11 is 6.70. The molecule has 0 saturated heterocycles. The fraction of sp³-hybridized carbons (Fsp3) is 0.143. The van der Waals surface area contributed by atoms with Crippen LogP contribution >= 0.6 is 31.9 Å². The summed E-state index contributed by atoms with van der Waals surface area (Å²) in [5, 5.41) is 10.9. The first kappa shape index (κ1) is 15.0. The first-order valence-electron chi connectivity index (χ1n) is 5.77. The molecule has 0 aliphatic heterocycles. The summed E-state index contributed by atoms with van der Waals surface area (Å²) in [6, 6.07) is 8.84. The van der Waals surface area contributed by atoms with Gasteiger partial charge < -0.3 is 4.74 Å². The maximum absolute atomic E-state index is 10.9. The van der Waals surface area contributed by atoms with Crippen LogP contribution in [0.25, 0.3) is 0 Å². The molecule has 0 aromatic heterocycles. The Hall–Kier alpha value is -1.40. The van der Waals surface area contributed by atoms with Crippen molar-refractivity contribution >= 4 is 37.5 Å². The molecule has 0 fully saturated rings. The Morgan fingerprint density at radius 2 is 1.75 bits per heavy atom. The largest absolute Gasteiger partial charge is 0.456 e. The zero-order valence-corrected chi connectivity index (χ0v) is 14.0. The van der Waals surface area contributed by atoms with Gasteiger partial charge in [-0.1, -0.05) is 22.0 Å². The average Bonchev–Trinajstić information content (AvgIpc) is 2.37. The lowest BCUT2D eigenvalue weighted by molar-refractivity contribution is -0.385. The molecule has 0 amide bonds. The quantitative estimate of drug-likeness (QED) is 0.502. The van der Waals surface area contributed by atoms with Crippen LogP contribution in [0.3, 0.4) is 0 Å². The lowest BCUT2D eigenvalue weighted by Gasteiger charge is -2.11. The molecule has 20 heavy (non-hydrogen) atoms. The van der Waals surface area contributed by atoms with Crippen molar-refractivity contribution in [2.45, 2.75) is 13.8 Å². The number of aryl methyl sites for hydroxylation is 2. The van der Waals surface area contributed by atoms with Crippen molar-refractivity contribution in [1.82, 2.24) is 0 Å². The normalized spacial score (nSPS) is 10.4. The molecule has 0 heterocycles. The Labute approximate surface area is 133 Å². The minimum absolute atomic E-state index is 0.0650. The van der Waals surface area contributed by atoms with Crippen LogP contribution in [0.5, 0.6) is 11.5 Å². The molecule has 0 spiro atoms. The van der Waals surface area contributed by atoms with Crippen LogP contribution < -0.4 is 4.74 Å². The van der Waals surface area contributed by atoms with Gasteiger partial charge in [-0.15, -0.1) is 0 Å². The third-order valence-electron chi connectivity index (χ3n) is 2.82. The highest BCUT2D eigenvalue weighted by Crippen LogP contribution is 2.36. The van der Waals surface area contributed by atoms with Crippen LogP contribution in [-0.4, -0.2) is 4.92 Å². The monoisotopic (exact) mass is 399 g/mol. The maximum Gasteiger partial charge on any atom is 0.273 e. The van der Waals surface area contributed by atoms with E-state index in [9.17, 15) is 10.1 Å². The predicted molar refractivity (Wildman–Crippen MR) is 84.5 cm³/mol. The number of ether oxygens (including phenoxy) is 1. The second-order valence-corrected chi connectivity index (χ2v) is 6.11. The Kier molecular flexibility index (Phi) is 4.45. The fourth-order valence-corrected chi connectivity index (χ4v) is 2.47. The number of nitro benzene ring substituents is 1. The van der Waals surface area contributed by atoms with Gasteiger partial charge in [0.1, 0.15) is 11.5 Å². The summed E-state index contributed by atoms with van der Waals surface area (Å²) in [5.74, 6) is 1.25. The van der Waals surface area contributed by atoms with Gasteiger partial charge in [0.25, 0.3) is 5.69 Å². The van der Waals surface area contributed by atoms with Crippen LogP contribution in [0.2, 0.25) is 0 Å². The summed E-state index contributed by atoms with van der Waals surface area (Å²) in [6.07, 6.45) is 0. The summed E-state index contributed by atoms with van der Waals surface area (Å²) in [7, 11) is 0. The molecule has 2 aromatic carbocycles. The van der Waals surface area contributed by atoms with Crippen LogP contribution in [0.15, 0.2) is 39.3 Å². The summed E-state index contributed by atoms with van der Waals surface area (Å²) in [4.78, 5) is 10.5. The van der Waals surface area contributed by atoms with Gasteiger partial charge >= 0.3 is 0 Å². The number of benzene rings is 2. The first-order valence-corrected chi connectivity index (χ1v) is 7.35. The molecule has 0 bridgehead atoms. The van der Waals surface area contributed by atoms with Crippen molar-refractivity contribution in [1.29, 1.82) is 0 Å². The Bertz CT molecular complexity index is 686. The van der Waals surface area contributed by atoms with Crippen molar-refractivity contribution in [3.8, 4) is 11.5 Å². The molecule has 6 heteroatoms. The van der Waals surface area contributed by atoms with Crippen molar-refractivity contribution < 1.29 is 9.66 Å². The highest BCUT2D eigenvalue weighted by molar-refractivity contribution is 9.10. The molecular weight excluding hydrogens is 390 g/mol. The van der Waals surface area contributed by atoms with Crippen LogP contribution in [-0.2, 0) is 0 Å². The molecule has 0 saturated carbocycles. The number of hydrogen-bond acceptors (Lipinski definition) is 3. The van der Waals surface area contributed by atoms with Gasteiger partial charge in [0.2, 0.25) is 0 Å². The maximum atomic E-state index is 10.9. The smallest absolute Gasteiger partial charge is 0.273 e. The van der Waals surface area contributed by atoms with E-state index in [0.717, 1.165) is 10.0 Å². The fourth-order valence-electron chi connectivity index (χ4n) is 1.72. The Morgan fingerprint density at radius 3 is 2.40 bits per heavy atom. The highest BCUT2D eigenvalue weighted by Gasteiger charge is 2.16. The van der Waals surface area contributed by atoms with Crippen molar-refractivity contribution in [3.05, 3.63) is 60.5 Å². The van der Waals surface area contributed by atoms with E-state index in [4.69, 9.17) is 4.74 Å². The number of nitro groups is 1. The molecule has 0 aliphatic carbocycles. The van der Waals surface area contributed by atoms with Gasteiger partial charge in [-0.05, 0) is 53.5 Å². The standard InChI is InChI=1S/C14H11Br2NO3/c1-8-3-4-10(15)6-13(8)20-14-5-9(2)12(17(18)19)7-11(14)16/h3-7H,1-2H3. The van der Waals surface area contributed by atoms with E-state index in [1.54, 1.807) is 13.0 Å². The second kappa shape index (κ2) is 5.93. The van der Waals surface area contributed by atoms with E-state index in [1.165, 1.54) is 6.07 Å². The second-order valence-electron chi connectivity index (χ2n) is 4.34. The average molecular weight is 401 g/mol. The molecule has 0 aliphatic rings. The summed E-state index contributed by atoms with van der Waals surface area (Å²) < 4.78 is 7.30. The van der Waals surface area contributed by atoms with Crippen molar-refractivity contribution in [2.24, 2.45) is 0 Å². The molecule has 2 aromatic rings. The lowest BCUT2D eigenvalue weighted by Crippen LogP contribution is -1.94. The van der Waals surface area contributed by atoms with Gasteiger partial charge in [0.05, 0.1) is 9.40 Å². The zero-order valence-electron chi connectivity index (χ0n) is 10.8. The van der Waals surface area contributed by atoms with Gasteiger partial charge in [0, 0.05) is 16.1 Å². The summed E-state index contributed by atoms with van der Waals surface area (Å²) in [6.45, 7) is 3.62. The molecule has 0 atom stereocenters. The molecule has 0 N–H and O–H groups in total. The van der Waals surface area contributed by atoms with Gasteiger partial charge in [0.15, 0.2) is 0 Å². The SMILES string of the molecule is Cc1ccc(Br)cc1Oc1cc(C)c([N+](=O)[O-])cc1Br. The number of halogens is 2. The Morgan fingerprint density at radius 1 is 1.05 bits per heavy atom. The van der Waals surface area contributed by atoms with Gasteiger partial charge in [-0.25, -0.2) is 0 Å². The van der Waals surface area contributed by atoms with Crippen molar-refractivity contribution in [2.75, 3.05) is 0 Å². The van der Waals surface area contributed by atoms with E-state index in [2.05, 4.69) is 31.9 Å². The lowest BCUT2D eigenvalue weighted by atomic mass is 10.2. The zero-order chi connectivity index (χ0) is 14.9. The van der Waals surface area contributed by atoms with E-state index >= 15 is 0 Å². The highest BCUT2D eigenvalue weighted by atomic mass is 79.9. The number of nitrogens with zero attached hydrogens (tertiary/aromatic N) is 1.